The molecule has 0 amide bonds. The molecule has 0 spiro atoms. The molecule has 1 heterocycles. The van der Waals surface area contributed by atoms with Gasteiger partial charge in [-0.2, -0.15) is 8.42 Å². The van der Waals surface area contributed by atoms with E-state index in [-0.39, 0.29) is 19.6 Å². The summed E-state index contributed by atoms with van der Waals surface area (Å²) in [5, 5.41) is 30.8. The van der Waals surface area contributed by atoms with Gasteiger partial charge < -0.3 is 34.3 Å². The topological polar surface area (TPSA) is 178 Å². The summed E-state index contributed by atoms with van der Waals surface area (Å²) >= 11 is 0. The molecule has 0 aliphatic carbocycles. The van der Waals surface area contributed by atoms with Crippen LogP contribution in [0, 0.1) is 0 Å². The number of carbonyl (C=O) groups excluding carboxylic acids is 1. The number of rotatable bonds is 44. The van der Waals surface area contributed by atoms with Crippen LogP contribution in [0.3, 0.4) is 0 Å². The van der Waals surface area contributed by atoms with Crippen LogP contribution in [-0.2, 0) is 38.3 Å². The average Bonchev–Trinajstić information content (AvgIpc) is 3.31. The Hall–Kier alpha value is -2.98. The highest BCUT2D eigenvalue weighted by molar-refractivity contribution is 7.80. The van der Waals surface area contributed by atoms with Gasteiger partial charge in [0.25, 0.3) is 0 Å². The van der Waals surface area contributed by atoms with Gasteiger partial charge in [0.05, 0.1) is 19.8 Å². The van der Waals surface area contributed by atoms with Gasteiger partial charge in [0, 0.05) is 13.0 Å². The number of carbonyl (C=O) groups is 1. The van der Waals surface area contributed by atoms with Crippen molar-refractivity contribution in [1.82, 2.24) is 0 Å². The number of allylic oxidation sites excluding steroid dienone is 16. The molecule has 1 aliphatic rings. The number of ether oxygens (including phenoxy) is 4. The molecule has 0 aromatic carbocycles. The molecule has 68 heavy (non-hydrogen) atoms. The number of hydrogen-bond acceptors (Lipinski definition) is 11. The first kappa shape index (κ1) is 63.0. The van der Waals surface area contributed by atoms with E-state index < -0.39 is 59.8 Å². The Labute approximate surface area is 412 Å². The lowest BCUT2D eigenvalue weighted by Crippen LogP contribution is -2.60. The van der Waals surface area contributed by atoms with E-state index in [1.807, 2.05) is 0 Å². The number of unbranched alkanes of at least 4 members (excludes halogenated alkanes) is 15. The third-order valence-electron chi connectivity index (χ3n) is 11.2. The minimum Gasteiger partial charge on any atom is -0.457 e. The zero-order valence-electron chi connectivity index (χ0n) is 41.9. The van der Waals surface area contributed by atoms with Crippen LogP contribution < -0.4 is 0 Å². The second kappa shape index (κ2) is 45.2. The maximum absolute atomic E-state index is 12.9. The first-order chi connectivity index (χ1) is 33.1. The predicted octanol–water partition coefficient (Wildman–Crippen LogP) is 12.2. The molecule has 13 heteroatoms. The smallest absolute Gasteiger partial charge is 0.397 e. The van der Waals surface area contributed by atoms with Crippen LogP contribution in [-0.4, -0.2) is 97.5 Å². The summed E-state index contributed by atoms with van der Waals surface area (Å²) in [5.74, 6) is -0.436. The number of aliphatic hydroxyl groups excluding tert-OH is 3. The third-order valence-corrected chi connectivity index (χ3v) is 11.7. The van der Waals surface area contributed by atoms with Crippen LogP contribution in [0.4, 0.5) is 0 Å². The molecule has 0 aromatic rings. The zero-order chi connectivity index (χ0) is 49.6. The largest absolute Gasteiger partial charge is 0.457 e. The second-order valence-electron chi connectivity index (χ2n) is 17.4. The molecule has 6 unspecified atom stereocenters. The monoisotopic (exact) mass is 977 g/mol. The van der Waals surface area contributed by atoms with E-state index in [0.29, 0.717) is 13.0 Å². The highest BCUT2D eigenvalue weighted by atomic mass is 32.3. The van der Waals surface area contributed by atoms with E-state index in [2.05, 4.69) is 115 Å². The van der Waals surface area contributed by atoms with Crippen LogP contribution in [0.1, 0.15) is 181 Å². The standard InChI is InChI=1S/C55H92O12S/c1-3-5-7-9-11-13-15-17-19-21-22-23-24-25-26-27-28-29-30-32-34-36-38-40-42-44-51(57)65-49(48-64-55-53(59)54(67-68(60,61)62)52(58)50(46-56)66-55)47-63-45-43-41-39-37-35-33-31-20-18-16-14-12-10-8-6-4-2/h5,7,11,13,17-20,22-23,25-26,28-29,32,34,49-50,52-56,58-59H,3-4,6,8-10,12,14-16,21,24,27,30-31,33,35-48H2,1-2H3,(H,60,61,62)/b7-5-,13-11-,19-17-,20-18-,23-22-,26-25-,29-28-,34-32-. The van der Waals surface area contributed by atoms with Gasteiger partial charge in [-0.15, -0.1) is 0 Å². The van der Waals surface area contributed by atoms with Gasteiger partial charge in [0.2, 0.25) is 0 Å². The SMILES string of the molecule is CC/C=C\C/C=C\C/C=C\C/C=C\C/C=C\C/C=C\C/C=C\CCCCCC(=O)OC(COCCCCCCCC/C=C\CCCCCCCC)COC1OC(CO)C(O)C(OS(=O)(=O)O)C1O. The Bertz CT molecular complexity index is 1550. The fourth-order valence-corrected chi connectivity index (χ4v) is 7.80. The van der Waals surface area contributed by atoms with Gasteiger partial charge in [-0.25, -0.2) is 4.18 Å². The van der Waals surface area contributed by atoms with Crippen LogP contribution in [0.25, 0.3) is 0 Å². The lowest BCUT2D eigenvalue weighted by molar-refractivity contribution is -0.301. The number of hydrogen-bond donors (Lipinski definition) is 4. The van der Waals surface area contributed by atoms with Gasteiger partial charge in [0.15, 0.2) is 6.29 Å². The van der Waals surface area contributed by atoms with Crippen LogP contribution in [0.2, 0.25) is 0 Å². The molecule has 0 saturated carbocycles. The molecule has 12 nitrogen and oxygen atoms in total. The van der Waals surface area contributed by atoms with Crippen molar-refractivity contribution < 1.29 is 56.2 Å². The highest BCUT2D eigenvalue weighted by Gasteiger charge is 2.48. The summed E-state index contributed by atoms with van der Waals surface area (Å²) in [6.07, 6.45) is 52.9. The Kier molecular flexibility index (Phi) is 41.9. The fourth-order valence-electron chi connectivity index (χ4n) is 7.29. The van der Waals surface area contributed by atoms with Crippen molar-refractivity contribution in [3.8, 4) is 0 Å². The first-order valence-electron chi connectivity index (χ1n) is 26.0. The zero-order valence-corrected chi connectivity index (χ0v) is 42.7. The molecule has 390 valence electrons. The van der Waals surface area contributed by atoms with E-state index >= 15 is 0 Å². The summed E-state index contributed by atoms with van der Waals surface area (Å²) < 4.78 is 59.2. The van der Waals surface area contributed by atoms with Crippen molar-refractivity contribution in [2.24, 2.45) is 0 Å². The van der Waals surface area contributed by atoms with E-state index in [9.17, 15) is 33.1 Å². The maximum Gasteiger partial charge on any atom is 0.397 e. The van der Waals surface area contributed by atoms with Crippen molar-refractivity contribution in [1.29, 1.82) is 0 Å². The van der Waals surface area contributed by atoms with Crippen molar-refractivity contribution in [3.63, 3.8) is 0 Å². The van der Waals surface area contributed by atoms with E-state index in [1.54, 1.807) is 0 Å². The molecule has 1 rings (SSSR count). The lowest BCUT2D eigenvalue weighted by Gasteiger charge is -2.41. The summed E-state index contributed by atoms with van der Waals surface area (Å²) in [6.45, 7) is 3.81. The highest BCUT2D eigenvalue weighted by Crippen LogP contribution is 2.26. The molecule has 0 radical (unpaired) electrons. The predicted molar refractivity (Wildman–Crippen MR) is 275 cm³/mol. The fraction of sp³-hybridized carbons (Fsp3) is 0.691. The van der Waals surface area contributed by atoms with Gasteiger partial charge in [-0.3, -0.25) is 9.35 Å². The molecule has 6 atom stereocenters. The Morgan fingerprint density at radius 3 is 1.50 bits per heavy atom. The van der Waals surface area contributed by atoms with Gasteiger partial charge in [0.1, 0.15) is 30.5 Å². The second-order valence-corrected chi connectivity index (χ2v) is 18.4. The maximum atomic E-state index is 12.9. The van der Waals surface area contributed by atoms with Gasteiger partial charge in [-0.05, 0) is 96.3 Å². The normalized spacial score (nSPS) is 20.1. The first-order valence-corrected chi connectivity index (χ1v) is 27.4. The van der Waals surface area contributed by atoms with Gasteiger partial charge >= 0.3 is 16.4 Å². The van der Waals surface area contributed by atoms with Crippen LogP contribution >= 0.6 is 0 Å². The molecule has 1 saturated heterocycles. The number of aliphatic hydroxyl groups is 3. The Morgan fingerprint density at radius 1 is 0.574 bits per heavy atom. The molecular weight excluding hydrogens is 885 g/mol. The summed E-state index contributed by atoms with van der Waals surface area (Å²) in [7, 11) is -5.08. The molecule has 1 aliphatic heterocycles. The molecule has 0 bridgehead atoms. The van der Waals surface area contributed by atoms with Gasteiger partial charge in [-0.1, -0.05) is 175 Å². The number of esters is 1. The quantitative estimate of drug-likeness (QED) is 0.0197. The van der Waals surface area contributed by atoms with Crippen molar-refractivity contribution in [2.45, 2.75) is 218 Å². The van der Waals surface area contributed by atoms with E-state index in [4.69, 9.17) is 18.9 Å². The molecule has 1 fully saturated rings. The minimum atomic E-state index is -5.08. The summed E-state index contributed by atoms with van der Waals surface area (Å²) in [5.41, 5.74) is 0. The average molecular weight is 977 g/mol. The summed E-state index contributed by atoms with van der Waals surface area (Å²) in [4.78, 5) is 12.9. The van der Waals surface area contributed by atoms with Crippen molar-refractivity contribution in [2.75, 3.05) is 26.4 Å². The third kappa shape index (κ3) is 37.9. The Morgan fingerprint density at radius 2 is 1.01 bits per heavy atom. The van der Waals surface area contributed by atoms with E-state index in [0.717, 1.165) is 96.3 Å². The van der Waals surface area contributed by atoms with Crippen LogP contribution in [0.5, 0.6) is 0 Å². The van der Waals surface area contributed by atoms with E-state index in [1.165, 1.54) is 57.8 Å². The minimum absolute atomic E-state index is 0.0121. The Balaban J connectivity index is 2.40. The molecular formula is C55H92O12S. The van der Waals surface area contributed by atoms with Crippen LogP contribution in [0.15, 0.2) is 97.2 Å². The molecule has 4 N–H and O–H groups in total. The lowest BCUT2D eigenvalue weighted by atomic mass is 9.99. The summed E-state index contributed by atoms with van der Waals surface area (Å²) in [6, 6.07) is 0. The molecule has 0 aromatic heterocycles. The van der Waals surface area contributed by atoms with Crippen molar-refractivity contribution >= 4 is 16.4 Å². The van der Waals surface area contributed by atoms with Crippen molar-refractivity contribution in [3.05, 3.63) is 97.2 Å².